The third kappa shape index (κ3) is 4.96. The molecule has 1 aliphatic rings. The topological polar surface area (TPSA) is 46.2 Å². The molecule has 1 saturated carbocycles. The molecular weight excluding hydrogens is 234 g/mol. The molecule has 17 heavy (non-hydrogen) atoms. The molecule has 0 aromatic carbocycles. The zero-order valence-electron chi connectivity index (χ0n) is 11.5. The monoisotopic (exact) mass is 261 g/mol. The van der Waals surface area contributed by atoms with Crippen molar-refractivity contribution in [2.45, 2.75) is 46.5 Å². The van der Waals surface area contributed by atoms with Crippen molar-refractivity contribution in [1.29, 1.82) is 0 Å². The first-order chi connectivity index (χ1) is 7.89. The lowest BCUT2D eigenvalue weighted by Crippen LogP contribution is -2.42. The smallest absolute Gasteiger partial charge is 0.150 e. The predicted molar refractivity (Wildman–Crippen MR) is 72.9 cm³/mol. The predicted octanol–water partition coefficient (Wildman–Crippen LogP) is 2.23. The molecule has 0 heterocycles. The second kappa shape index (κ2) is 6.19. The zero-order valence-corrected chi connectivity index (χ0v) is 12.3. The van der Waals surface area contributed by atoms with Crippen LogP contribution in [0.25, 0.3) is 0 Å². The lowest BCUT2D eigenvalue weighted by Gasteiger charge is -2.42. The number of sulfone groups is 1. The highest BCUT2D eigenvalue weighted by Gasteiger charge is 2.37. The minimum Gasteiger partial charge on any atom is -0.316 e. The Hall–Kier alpha value is -0.0900. The summed E-state index contributed by atoms with van der Waals surface area (Å²) in [7, 11) is -2.80. The van der Waals surface area contributed by atoms with E-state index < -0.39 is 9.84 Å². The van der Waals surface area contributed by atoms with Crippen LogP contribution >= 0.6 is 0 Å². The van der Waals surface area contributed by atoms with E-state index in [1.54, 1.807) is 6.92 Å². The van der Waals surface area contributed by atoms with Gasteiger partial charge < -0.3 is 5.32 Å². The van der Waals surface area contributed by atoms with Gasteiger partial charge in [-0.15, -0.1) is 0 Å². The molecule has 4 heteroatoms. The van der Waals surface area contributed by atoms with E-state index in [4.69, 9.17) is 0 Å². The van der Waals surface area contributed by atoms with Gasteiger partial charge in [0, 0.05) is 12.3 Å². The van der Waals surface area contributed by atoms with E-state index in [-0.39, 0.29) is 11.2 Å². The summed E-state index contributed by atoms with van der Waals surface area (Å²) in [6, 6.07) is 0. The van der Waals surface area contributed by atoms with E-state index in [1.165, 1.54) is 19.3 Å². The van der Waals surface area contributed by atoms with Crippen LogP contribution in [0.1, 0.15) is 46.5 Å². The minimum atomic E-state index is -2.80. The Bertz CT molecular complexity index is 318. The maximum atomic E-state index is 11.5. The van der Waals surface area contributed by atoms with Gasteiger partial charge in [-0.3, -0.25) is 0 Å². The van der Waals surface area contributed by atoms with Crippen LogP contribution in [-0.4, -0.2) is 33.0 Å². The van der Waals surface area contributed by atoms with Crippen LogP contribution < -0.4 is 5.32 Å². The van der Waals surface area contributed by atoms with Gasteiger partial charge in [-0.2, -0.15) is 0 Å². The molecular formula is C13H27NO2S. The Balaban J connectivity index is 2.36. The van der Waals surface area contributed by atoms with Crippen LogP contribution in [0.15, 0.2) is 0 Å². The van der Waals surface area contributed by atoms with Crippen LogP contribution in [0.4, 0.5) is 0 Å². The van der Waals surface area contributed by atoms with Crippen molar-refractivity contribution in [3.8, 4) is 0 Å². The number of hydrogen-bond donors (Lipinski definition) is 1. The summed E-state index contributed by atoms with van der Waals surface area (Å²) in [6.07, 6.45) is 4.48. The Morgan fingerprint density at radius 3 is 2.35 bits per heavy atom. The summed E-state index contributed by atoms with van der Waals surface area (Å²) < 4.78 is 23.1. The van der Waals surface area contributed by atoms with Crippen molar-refractivity contribution >= 4 is 9.84 Å². The third-order valence-corrected chi connectivity index (χ3v) is 5.56. The standard InChI is InChI=1S/C13H27NO2S/c1-4-17(15,16)9-8-13(6-5-7-13)11-14-10-12(2)3/h12,14H,4-11H2,1-3H3. The fourth-order valence-electron chi connectivity index (χ4n) is 2.33. The highest BCUT2D eigenvalue weighted by molar-refractivity contribution is 7.91. The Labute approximate surface area is 106 Å². The van der Waals surface area contributed by atoms with Gasteiger partial charge in [0.05, 0.1) is 5.75 Å². The quantitative estimate of drug-likeness (QED) is 0.729. The van der Waals surface area contributed by atoms with E-state index in [1.807, 2.05) is 0 Å². The molecule has 0 spiro atoms. The van der Waals surface area contributed by atoms with E-state index in [2.05, 4.69) is 19.2 Å². The summed E-state index contributed by atoms with van der Waals surface area (Å²) >= 11 is 0. The molecule has 0 atom stereocenters. The van der Waals surface area contributed by atoms with Gasteiger partial charge in [-0.1, -0.05) is 27.2 Å². The molecule has 1 N–H and O–H groups in total. The molecule has 0 unspecified atom stereocenters. The van der Waals surface area contributed by atoms with Crippen LogP contribution in [0.5, 0.6) is 0 Å². The Morgan fingerprint density at radius 1 is 1.29 bits per heavy atom. The van der Waals surface area contributed by atoms with E-state index in [9.17, 15) is 8.42 Å². The molecule has 102 valence electrons. The number of nitrogens with one attached hydrogen (secondary N) is 1. The van der Waals surface area contributed by atoms with Gasteiger partial charge in [0.25, 0.3) is 0 Å². The molecule has 0 bridgehead atoms. The lowest BCUT2D eigenvalue weighted by molar-refractivity contribution is 0.124. The van der Waals surface area contributed by atoms with Crippen molar-refractivity contribution in [3.05, 3.63) is 0 Å². The molecule has 0 aliphatic heterocycles. The summed E-state index contributed by atoms with van der Waals surface area (Å²) in [5.74, 6) is 1.31. The first-order valence-corrected chi connectivity index (χ1v) is 8.62. The second-order valence-corrected chi connectivity index (χ2v) is 8.34. The maximum absolute atomic E-state index is 11.5. The molecule has 0 saturated heterocycles. The molecule has 1 rings (SSSR count). The van der Waals surface area contributed by atoms with Crippen molar-refractivity contribution in [3.63, 3.8) is 0 Å². The van der Waals surface area contributed by atoms with Crippen molar-refractivity contribution in [2.24, 2.45) is 11.3 Å². The van der Waals surface area contributed by atoms with Crippen molar-refractivity contribution in [2.75, 3.05) is 24.6 Å². The average Bonchev–Trinajstić information content (AvgIpc) is 2.20. The van der Waals surface area contributed by atoms with E-state index >= 15 is 0 Å². The minimum absolute atomic E-state index is 0.275. The first-order valence-electron chi connectivity index (χ1n) is 6.80. The van der Waals surface area contributed by atoms with Crippen LogP contribution in [0, 0.1) is 11.3 Å². The van der Waals surface area contributed by atoms with Gasteiger partial charge in [0.2, 0.25) is 0 Å². The molecule has 1 aliphatic carbocycles. The Kier molecular flexibility index (Phi) is 5.45. The Morgan fingerprint density at radius 2 is 1.94 bits per heavy atom. The largest absolute Gasteiger partial charge is 0.316 e. The van der Waals surface area contributed by atoms with Crippen LogP contribution in [0.3, 0.4) is 0 Å². The second-order valence-electron chi connectivity index (χ2n) is 5.86. The first kappa shape index (κ1) is 15.0. The van der Waals surface area contributed by atoms with E-state index in [0.717, 1.165) is 19.5 Å². The third-order valence-electron chi connectivity index (χ3n) is 3.85. The zero-order chi connectivity index (χ0) is 12.9. The summed E-state index contributed by atoms with van der Waals surface area (Å²) in [5.41, 5.74) is 0.275. The molecule has 0 aromatic rings. The molecule has 0 radical (unpaired) electrons. The fraction of sp³-hybridized carbons (Fsp3) is 1.00. The molecule has 0 aromatic heterocycles. The molecule has 3 nitrogen and oxygen atoms in total. The van der Waals surface area contributed by atoms with Crippen LogP contribution in [0.2, 0.25) is 0 Å². The lowest BCUT2D eigenvalue weighted by atomic mass is 9.67. The fourth-order valence-corrected chi connectivity index (χ4v) is 3.37. The van der Waals surface area contributed by atoms with Gasteiger partial charge in [0.1, 0.15) is 9.84 Å². The van der Waals surface area contributed by atoms with Gasteiger partial charge in [-0.25, -0.2) is 8.42 Å². The SMILES string of the molecule is CCS(=O)(=O)CCC1(CNCC(C)C)CCC1. The number of hydrogen-bond acceptors (Lipinski definition) is 3. The number of rotatable bonds is 8. The summed E-state index contributed by atoms with van der Waals surface area (Å²) in [6.45, 7) is 8.15. The highest BCUT2D eigenvalue weighted by atomic mass is 32.2. The van der Waals surface area contributed by atoms with Crippen molar-refractivity contribution < 1.29 is 8.42 Å². The molecule has 1 fully saturated rings. The molecule has 0 amide bonds. The van der Waals surface area contributed by atoms with Crippen molar-refractivity contribution in [1.82, 2.24) is 5.32 Å². The maximum Gasteiger partial charge on any atom is 0.150 e. The summed E-state index contributed by atoms with van der Waals surface area (Å²) in [4.78, 5) is 0. The van der Waals surface area contributed by atoms with Gasteiger partial charge >= 0.3 is 0 Å². The normalized spacial score (nSPS) is 19.3. The average molecular weight is 261 g/mol. The van der Waals surface area contributed by atoms with Gasteiger partial charge in [0.15, 0.2) is 0 Å². The van der Waals surface area contributed by atoms with Crippen LogP contribution in [-0.2, 0) is 9.84 Å². The summed E-state index contributed by atoms with van der Waals surface area (Å²) in [5, 5.41) is 3.49. The highest BCUT2D eigenvalue weighted by Crippen LogP contribution is 2.43. The van der Waals surface area contributed by atoms with Gasteiger partial charge in [-0.05, 0) is 37.1 Å². The van der Waals surface area contributed by atoms with E-state index in [0.29, 0.717) is 11.7 Å².